The fourth-order valence-electron chi connectivity index (χ4n) is 2.90. The second-order valence-electron chi connectivity index (χ2n) is 7.31. The molecule has 2 aromatic rings. The molecule has 0 saturated heterocycles. The zero-order valence-corrected chi connectivity index (χ0v) is 22.3. The molecule has 0 aromatic heterocycles. The molecule has 0 aliphatic rings. The maximum absolute atomic E-state index is 11.1. The summed E-state index contributed by atoms with van der Waals surface area (Å²) in [6.45, 7) is 11.6. The molecule has 0 heterocycles. The maximum atomic E-state index is 11.1. The molecule has 2 rings (SSSR count). The van der Waals surface area contributed by atoms with Crippen LogP contribution in [0, 0.1) is 20.2 Å². The predicted octanol–water partition coefficient (Wildman–Crippen LogP) is 7.45. The van der Waals surface area contributed by atoms with Crippen LogP contribution in [-0.4, -0.2) is 46.5 Å². The van der Waals surface area contributed by atoms with Crippen LogP contribution in [0.1, 0.15) is 27.7 Å². The van der Waals surface area contributed by atoms with E-state index in [0.717, 1.165) is 36.3 Å². The Morgan fingerprint density at radius 3 is 1.97 bits per heavy atom. The highest BCUT2D eigenvalue weighted by molar-refractivity contribution is 6.33. The number of nitro groups is 2. The highest BCUT2D eigenvalue weighted by Gasteiger charge is 2.17. The summed E-state index contributed by atoms with van der Waals surface area (Å²) in [5, 5.41) is 28.5. The van der Waals surface area contributed by atoms with Gasteiger partial charge < -0.3 is 15.3 Å². The van der Waals surface area contributed by atoms with Crippen LogP contribution >= 0.6 is 23.2 Å². The molecule has 0 bridgehead atoms. The lowest BCUT2D eigenvalue weighted by Gasteiger charge is -2.31. The van der Waals surface area contributed by atoms with Crippen LogP contribution < -0.4 is 0 Å². The average molecular weight is 555 g/mol. The predicted molar refractivity (Wildman–Crippen MR) is 141 cm³/mol. The Morgan fingerprint density at radius 1 is 0.973 bits per heavy atom. The number of carbonyl (C=O) groups excluding carboxylic acids is 1. The Balaban J connectivity index is 0.000000422. The van der Waals surface area contributed by atoms with Crippen LogP contribution in [0.2, 0.25) is 10.0 Å². The summed E-state index contributed by atoms with van der Waals surface area (Å²) in [6.07, 6.45) is 3.48. The largest absolute Gasteiger partial charge is 0.463 e. The number of rotatable bonds is 11. The van der Waals surface area contributed by atoms with E-state index in [0.29, 0.717) is 6.61 Å². The molecule has 12 nitrogen and oxygen atoms in total. The van der Waals surface area contributed by atoms with E-state index in [-0.39, 0.29) is 38.8 Å². The van der Waals surface area contributed by atoms with Gasteiger partial charge in [-0.25, -0.2) is 4.79 Å². The number of benzene rings is 2. The van der Waals surface area contributed by atoms with Gasteiger partial charge in [0, 0.05) is 24.3 Å². The number of nitrogens with zero attached hydrogens (tertiary/aromatic N) is 6. The van der Waals surface area contributed by atoms with Gasteiger partial charge in [-0.2, -0.15) is 0 Å². The molecule has 0 fully saturated rings. The maximum Gasteiger partial charge on any atom is 0.336 e. The summed E-state index contributed by atoms with van der Waals surface area (Å²) in [5.74, 6) is -0.245. The minimum absolute atomic E-state index is 0.0351. The highest BCUT2D eigenvalue weighted by atomic mass is 35.5. The Labute approximate surface area is 224 Å². The molecule has 0 amide bonds. The van der Waals surface area contributed by atoms with Gasteiger partial charge in [0.05, 0.1) is 52.2 Å². The van der Waals surface area contributed by atoms with Crippen molar-refractivity contribution in [3.63, 3.8) is 0 Å². The number of hydrogen-bond acceptors (Lipinski definition) is 8. The minimum atomic E-state index is -0.589. The number of ether oxygens (including phenoxy) is 1. The van der Waals surface area contributed by atoms with Gasteiger partial charge in [-0.1, -0.05) is 23.2 Å². The van der Waals surface area contributed by atoms with Crippen LogP contribution in [0.5, 0.6) is 0 Å². The van der Waals surface area contributed by atoms with Gasteiger partial charge in [0.15, 0.2) is 0 Å². The van der Waals surface area contributed by atoms with Crippen molar-refractivity contribution in [2.75, 3.05) is 26.2 Å². The average Bonchev–Trinajstić information content (AvgIpc) is 2.87. The molecular formula is C23H28Cl2N6O6. The first-order chi connectivity index (χ1) is 17.5. The summed E-state index contributed by atoms with van der Waals surface area (Å²) in [5.41, 5.74) is 3.72. The number of esters is 1. The molecule has 200 valence electrons. The lowest BCUT2D eigenvalue weighted by Crippen LogP contribution is -2.42. The van der Waals surface area contributed by atoms with E-state index in [1.54, 1.807) is 6.08 Å². The van der Waals surface area contributed by atoms with Crippen LogP contribution in [-0.2, 0) is 9.53 Å². The number of halogens is 2. The molecule has 0 saturated carbocycles. The third-order valence-electron chi connectivity index (χ3n) is 5.29. The first kappa shape index (κ1) is 31.4. The SMILES string of the molecule is CCOC(=O)/C=C/[N+](CC)(CC)CC.O=[N+]([O-])c1ccc(N=N[N-]c2ccc([N+](=O)[O-])cc2Cl)c(Cl)c1. The van der Waals surface area contributed by atoms with Crippen molar-refractivity contribution in [1.82, 2.24) is 0 Å². The molecule has 2 aromatic carbocycles. The smallest absolute Gasteiger partial charge is 0.336 e. The van der Waals surface area contributed by atoms with Gasteiger partial charge in [-0.3, -0.25) is 29.9 Å². The molecule has 0 unspecified atom stereocenters. The monoisotopic (exact) mass is 554 g/mol. The second-order valence-corrected chi connectivity index (χ2v) is 8.12. The number of quaternary nitrogens is 1. The third kappa shape index (κ3) is 10.1. The van der Waals surface area contributed by atoms with Gasteiger partial charge in [-0.15, -0.1) is 0 Å². The number of non-ortho nitro benzene ring substituents is 2. The van der Waals surface area contributed by atoms with Crippen LogP contribution in [0.3, 0.4) is 0 Å². The van der Waals surface area contributed by atoms with Crippen molar-refractivity contribution in [2.24, 2.45) is 10.3 Å². The Hall–Kier alpha value is -3.61. The first-order valence-electron chi connectivity index (χ1n) is 11.2. The molecule has 0 radical (unpaired) electrons. The second kappa shape index (κ2) is 15.5. The van der Waals surface area contributed by atoms with E-state index in [1.807, 2.05) is 13.1 Å². The Bertz CT molecular complexity index is 1150. The highest BCUT2D eigenvalue weighted by Crippen LogP contribution is 2.34. The Morgan fingerprint density at radius 2 is 1.51 bits per heavy atom. The molecule has 0 spiro atoms. The van der Waals surface area contributed by atoms with E-state index >= 15 is 0 Å². The topological polar surface area (TPSA) is 151 Å². The van der Waals surface area contributed by atoms with E-state index in [2.05, 4.69) is 36.5 Å². The number of carbonyl (C=O) groups is 1. The van der Waals surface area contributed by atoms with Crippen molar-refractivity contribution < 1.29 is 23.9 Å². The van der Waals surface area contributed by atoms with Crippen molar-refractivity contribution >= 4 is 51.9 Å². The van der Waals surface area contributed by atoms with Crippen molar-refractivity contribution in [3.8, 4) is 0 Å². The minimum Gasteiger partial charge on any atom is -0.463 e. The third-order valence-corrected chi connectivity index (χ3v) is 5.90. The fraction of sp³-hybridized carbons (Fsp3) is 0.348. The van der Waals surface area contributed by atoms with Gasteiger partial charge in [0.2, 0.25) is 0 Å². The number of nitro benzene ring substituents is 2. The molecule has 37 heavy (non-hydrogen) atoms. The quantitative estimate of drug-likeness (QED) is 0.0701. The van der Waals surface area contributed by atoms with Gasteiger partial charge in [0.1, 0.15) is 6.20 Å². The summed E-state index contributed by atoms with van der Waals surface area (Å²) < 4.78 is 5.67. The van der Waals surface area contributed by atoms with Crippen LogP contribution in [0.25, 0.3) is 5.43 Å². The van der Waals surface area contributed by atoms with E-state index < -0.39 is 9.85 Å². The molecule has 0 aliphatic carbocycles. The van der Waals surface area contributed by atoms with Crippen molar-refractivity contribution in [3.05, 3.63) is 84.4 Å². The lowest BCUT2D eigenvalue weighted by atomic mass is 10.3. The van der Waals surface area contributed by atoms with Gasteiger partial charge >= 0.3 is 5.97 Å². The van der Waals surface area contributed by atoms with E-state index in [9.17, 15) is 25.0 Å². The summed E-state index contributed by atoms with van der Waals surface area (Å²) >= 11 is 11.7. The van der Waals surface area contributed by atoms with Crippen molar-refractivity contribution in [1.29, 1.82) is 0 Å². The molecular weight excluding hydrogens is 527 g/mol. The molecule has 0 N–H and O–H groups in total. The first-order valence-corrected chi connectivity index (χ1v) is 12.0. The molecule has 14 heteroatoms. The zero-order valence-electron chi connectivity index (χ0n) is 20.8. The summed E-state index contributed by atoms with van der Waals surface area (Å²) in [4.78, 5) is 31.1. The summed E-state index contributed by atoms with van der Waals surface area (Å²) in [6, 6.07) is 7.34. The Kier molecular flexibility index (Phi) is 13.2. The van der Waals surface area contributed by atoms with E-state index in [1.165, 1.54) is 24.3 Å². The molecule has 0 aliphatic heterocycles. The molecule has 0 atom stereocenters. The van der Waals surface area contributed by atoms with Crippen LogP contribution in [0.15, 0.2) is 59.0 Å². The zero-order chi connectivity index (χ0) is 28.0. The standard InChI is InChI=1S/C12H6Cl2N5O4.C11H22NO2/c13-9-5-7(18(20)21)1-3-11(9)15-17-16-12-4-2-8(19(22)23)6-10(12)14;1-5-12(6-2,7-3)10-9-11(13)14-8-4/h1-6H;9-10H,5-8H2,1-4H3/q-1;+1/b;10-9+. The normalized spacial score (nSPS) is 11.2. The van der Waals surface area contributed by atoms with Gasteiger partial charge in [-0.05, 0) is 51.2 Å². The number of hydrogen-bond donors (Lipinski definition) is 0. The van der Waals surface area contributed by atoms with Crippen molar-refractivity contribution in [2.45, 2.75) is 27.7 Å². The lowest BCUT2D eigenvalue weighted by molar-refractivity contribution is -0.874. The van der Waals surface area contributed by atoms with Crippen LogP contribution in [0.4, 0.5) is 22.7 Å². The summed E-state index contributed by atoms with van der Waals surface area (Å²) in [7, 11) is 0. The van der Waals surface area contributed by atoms with Gasteiger partial charge in [0.25, 0.3) is 11.4 Å². The fourth-order valence-corrected chi connectivity index (χ4v) is 3.32. The van der Waals surface area contributed by atoms with E-state index in [4.69, 9.17) is 27.9 Å².